The molecule has 2 aromatic carbocycles. The van der Waals surface area contributed by atoms with Crippen molar-refractivity contribution in [1.82, 2.24) is 14.8 Å². The lowest BCUT2D eigenvalue weighted by atomic mass is 9.92. The number of carbonyl (C=O) groups excluding carboxylic acids is 1. The molecule has 4 N–H and O–H groups in total. The lowest BCUT2D eigenvalue weighted by molar-refractivity contribution is 0.0358. The summed E-state index contributed by atoms with van der Waals surface area (Å²) in [5.41, 5.74) is 11.5. The predicted octanol–water partition coefficient (Wildman–Crippen LogP) is 5.25. The minimum atomic E-state index is -0.205. The van der Waals surface area contributed by atoms with Crippen LogP contribution < -0.4 is 21.1 Å². The van der Waals surface area contributed by atoms with E-state index in [2.05, 4.69) is 32.2 Å². The van der Waals surface area contributed by atoms with E-state index < -0.39 is 0 Å². The summed E-state index contributed by atoms with van der Waals surface area (Å²) in [6.07, 6.45) is 4.52. The molecule has 37 heavy (non-hydrogen) atoms. The Balaban J connectivity index is 1.35. The van der Waals surface area contributed by atoms with E-state index in [1.165, 1.54) is 6.42 Å². The number of hydrogen-bond acceptors (Lipinski definition) is 5. The highest BCUT2D eigenvalue weighted by Gasteiger charge is 2.27. The maximum absolute atomic E-state index is 12.1. The van der Waals surface area contributed by atoms with Crippen LogP contribution in [0, 0.1) is 0 Å². The number of nitrogen functional groups attached to an aromatic ring is 1. The van der Waals surface area contributed by atoms with Crippen LogP contribution >= 0.6 is 0 Å². The molecule has 8 nitrogen and oxygen atoms in total. The number of nitrogens with two attached hydrogens (primary N) is 1. The maximum atomic E-state index is 12.1. The minimum Gasteiger partial charge on any atom is -0.493 e. The zero-order valence-electron chi connectivity index (χ0n) is 22.0. The molecule has 2 fully saturated rings. The number of morpholine rings is 1. The van der Waals surface area contributed by atoms with E-state index >= 15 is 0 Å². The third-order valence-corrected chi connectivity index (χ3v) is 7.28. The van der Waals surface area contributed by atoms with Crippen molar-refractivity contribution in [1.29, 1.82) is 0 Å². The van der Waals surface area contributed by atoms with Gasteiger partial charge in [0.1, 0.15) is 5.75 Å². The molecule has 3 aromatic rings. The van der Waals surface area contributed by atoms with Crippen LogP contribution in [0.15, 0.2) is 42.5 Å². The van der Waals surface area contributed by atoms with Crippen LogP contribution in [0.2, 0.25) is 0 Å². The van der Waals surface area contributed by atoms with Crippen LogP contribution in [0.1, 0.15) is 45.6 Å². The summed E-state index contributed by atoms with van der Waals surface area (Å²) >= 11 is 0. The fourth-order valence-electron chi connectivity index (χ4n) is 5.17. The number of benzene rings is 2. The molecule has 8 heteroatoms. The van der Waals surface area contributed by atoms with E-state index in [-0.39, 0.29) is 12.1 Å². The Bertz CT molecular complexity index is 1210. The molecule has 2 aliphatic rings. The Labute approximate surface area is 219 Å². The average molecular weight is 506 g/mol. The van der Waals surface area contributed by atoms with Gasteiger partial charge < -0.3 is 30.4 Å². The molecule has 0 unspecified atom stereocenters. The van der Waals surface area contributed by atoms with Crippen molar-refractivity contribution in [2.45, 2.75) is 51.6 Å². The SMILES string of the molecule is CC(C)NC(=O)Nc1ccc(-c2c(N)c3ccc(OCCCN4CCOCC4)cc3n2C2CCC2)cc1. The van der Waals surface area contributed by atoms with Gasteiger partial charge in [-0.2, -0.15) is 0 Å². The van der Waals surface area contributed by atoms with Gasteiger partial charge in [-0.25, -0.2) is 4.79 Å². The van der Waals surface area contributed by atoms with Crippen molar-refractivity contribution in [2.24, 2.45) is 0 Å². The van der Waals surface area contributed by atoms with Gasteiger partial charge in [0.15, 0.2) is 0 Å². The smallest absolute Gasteiger partial charge is 0.319 e. The summed E-state index contributed by atoms with van der Waals surface area (Å²) < 4.78 is 14.0. The van der Waals surface area contributed by atoms with Crippen LogP contribution in [0.3, 0.4) is 0 Å². The van der Waals surface area contributed by atoms with E-state index in [1.54, 1.807) is 0 Å². The summed E-state index contributed by atoms with van der Waals surface area (Å²) in [7, 11) is 0. The van der Waals surface area contributed by atoms with Crippen molar-refractivity contribution in [2.75, 3.05) is 50.5 Å². The van der Waals surface area contributed by atoms with Crippen LogP contribution in [0.25, 0.3) is 22.2 Å². The Kier molecular flexibility index (Phi) is 7.86. The Morgan fingerprint density at radius 1 is 1.14 bits per heavy atom. The highest BCUT2D eigenvalue weighted by Crippen LogP contribution is 2.44. The summed E-state index contributed by atoms with van der Waals surface area (Å²) in [5.74, 6) is 0.884. The first-order chi connectivity index (χ1) is 18.0. The van der Waals surface area contributed by atoms with Crippen molar-refractivity contribution in [3.63, 3.8) is 0 Å². The molecule has 0 atom stereocenters. The van der Waals surface area contributed by atoms with E-state index in [0.717, 1.165) is 91.4 Å². The third kappa shape index (κ3) is 5.86. The van der Waals surface area contributed by atoms with E-state index in [1.807, 2.05) is 44.2 Å². The fourth-order valence-corrected chi connectivity index (χ4v) is 5.17. The summed E-state index contributed by atoms with van der Waals surface area (Å²) in [6, 6.07) is 14.5. The number of urea groups is 1. The van der Waals surface area contributed by atoms with Crippen LogP contribution in [-0.4, -0.2) is 61.0 Å². The number of ether oxygens (including phenoxy) is 2. The molecule has 1 aliphatic heterocycles. The number of amides is 2. The van der Waals surface area contributed by atoms with Gasteiger partial charge in [0.25, 0.3) is 0 Å². The normalized spacial score (nSPS) is 16.6. The monoisotopic (exact) mass is 505 g/mol. The van der Waals surface area contributed by atoms with Gasteiger partial charge in [-0.1, -0.05) is 12.1 Å². The molecule has 0 bridgehead atoms. The second-order valence-corrected chi connectivity index (χ2v) is 10.4. The molecular weight excluding hydrogens is 466 g/mol. The van der Waals surface area contributed by atoms with E-state index in [0.29, 0.717) is 12.6 Å². The van der Waals surface area contributed by atoms with E-state index in [9.17, 15) is 4.79 Å². The first-order valence-electron chi connectivity index (χ1n) is 13.5. The fraction of sp³-hybridized carbons (Fsp3) is 0.483. The summed E-state index contributed by atoms with van der Waals surface area (Å²) in [4.78, 5) is 14.5. The molecule has 5 rings (SSSR count). The van der Waals surface area contributed by atoms with Crippen LogP contribution in [0.4, 0.5) is 16.2 Å². The van der Waals surface area contributed by atoms with Crippen molar-refractivity contribution in [3.8, 4) is 17.0 Å². The molecule has 1 aromatic heterocycles. The lowest BCUT2D eigenvalue weighted by Crippen LogP contribution is -2.37. The molecule has 0 radical (unpaired) electrons. The van der Waals surface area contributed by atoms with Gasteiger partial charge >= 0.3 is 6.03 Å². The number of fused-ring (bicyclic) bond motifs is 1. The van der Waals surface area contributed by atoms with Gasteiger partial charge in [0.05, 0.1) is 36.7 Å². The van der Waals surface area contributed by atoms with Crippen molar-refractivity contribution >= 4 is 28.3 Å². The number of anilines is 2. The second kappa shape index (κ2) is 11.4. The zero-order chi connectivity index (χ0) is 25.8. The molecule has 1 saturated heterocycles. The molecule has 2 heterocycles. The van der Waals surface area contributed by atoms with Crippen molar-refractivity contribution < 1.29 is 14.3 Å². The largest absolute Gasteiger partial charge is 0.493 e. The Morgan fingerprint density at radius 2 is 1.89 bits per heavy atom. The van der Waals surface area contributed by atoms with Crippen LogP contribution in [0.5, 0.6) is 5.75 Å². The second-order valence-electron chi connectivity index (χ2n) is 10.4. The number of hydrogen-bond donors (Lipinski definition) is 3. The molecular formula is C29H39N5O3. The number of carbonyl (C=O) groups is 1. The zero-order valence-corrected chi connectivity index (χ0v) is 22.0. The number of aromatic nitrogens is 1. The van der Waals surface area contributed by atoms with E-state index in [4.69, 9.17) is 15.2 Å². The number of nitrogens with one attached hydrogen (secondary N) is 2. The van der Waals surface area contributed by atoms with Gasteiger partial charge in [-0.3, -0.25) is 4.90 Å². The molecule has 2 amide bonds. The first kappa shape index (κ1) is 25.4. The molecule has 198 valence electrons. The predicted molar refractivity (Wildman–Crippen MR) is 149 cm³/mol. The average Bonchev–Trinajstić information content (AvgIpc) is 3.13. The number of nitrogens with zero attached hydrogens (tertiary/aromatic N) is 2. The molecule has 0 spiro atoms. The highest BCUT2D eigenvalue weighted by atomic mass is 16.5. The van der Waals surface area contributed by atoms with Gasteiger partial charge in [0.2, 0.25) is 0 Å². The topological polar surface area (TPSA) is 93.8 Å². The van der Waals surface area contributed by atoms with Crippen molar-refractivity contribution in [3.05, 3.63) is 42.5 Å². The summed E-state index contributed by atoms with van der Waals surface area (Å²) in [5, 5.41) is 6.80. The Hall–Kier alpha value is -3.23. The summed E-state index contributed by atoms with van der Waals surface area (Å²) in [6.45, 7) is 9.26. The first-order valence-corrected chi connectivity index (χ1v) is 13.5. The van der Waals surface area contributed by atoms with Gasteiger partial charge in [0, 0.05) is 54.4 Å². The van der Waals surface area contributed by atoms with Gasteiger partial charge in [-0.05, 0) is 63.8 Å². The Morgan fingerprint density at radius 3 is 2.57 bits per heavy atom. The maximum Gasteiger partial charge on any atom is 0.319 e. The third-order valence-electron chi connectivity index (χ3n) is 7.28. The minimum absolute atomic E-state index is 0.0795. The standard InChI is InChI=1S/C29H39N5O3/c1-20(2)31-29(35)32-22-9-7-21(8-10-22)28-27(30)25-12-11-24(19-26(25)34(28)23-5-3-6-23)37-16-4-13-33-14-17-36-18-15-33/h7-12,19-20,23H,3-6,13-18,30H2,1-2H3,(H2,31,32,35). The lowest BCUT2D eigenvalue weighted by Gasteiger charge is -2.30. The molecule has 1 saturated carbocycles. The van der Waals surface area contributed by atoms with Gasteiger partial charge in [-0.15, -0.1) is 0 Å². The highest BCUT2D eigenvalue weighted by molar-refractivity contribution is 6.02. The molecule has 1 aliphatic carbocycles. The quantitative estimate of drug-likeness (QED) is 0.346. The van der Waals surface area contributed by atoms with Crippen LogP contribution in [-0.2, 0) is 4.74 Å². The number of rotatable bonds is 9.